The van der Waals surface area contributed by atoms with Crippen LogP contribution in [0.25, 0.3) is 11.5 Å². The van der Waals surface area contributed by atoms with Gasteiger partial charge in [-0.05, 0) is 25.5 Å². The minimum Gasteiger partial charge on any atom is -0.461 e. The van der Waals surface area contributed by atoms with E-state index in [2.05, 4.69) is 22.5 Å². The molecular formula is C17H18N4O4. The zero-order valence-corrected chi connectivity index (χ0v) is 13.7. The number of nitrogens with one attached hydrogen (secondary N) is 1. The molecule has 0 spiro atoms. The van der Waals surface area contributed by atoms with E-state index in [4.69, 9.17) is 13.7 Å². The molecular weight excluding hydrogens is 324 g/mol. The fourth-order valence-corrected chi connectivity index (χ4v) is 2.89. The van der Waals surface area contributed by atoms with Crippen molar-refractivity contribution in [1.29, 1.82) is 0 Å². The Balaban J connectivity index is 1.43. The summed E-state index contributed by atoms with van der Waals surface area (Å²) in [5.74, 6) is 1.00. The van der Waals surface area contributed by atoms with Gasteiger partial charge in [0.15, 0.2) is 11.5 Å². The molecule has 0 radical (unpaired) electrons. The van der Waals surface area contributed by atoms with Gasteiger partial charge in [0.25, 0.3) is 5.91 Å². The first-order valence-corrected chi connectivity index (χ1v) is 8.14. The van der Waals surface area contributed by atoms with E-state index in [1.807, 2.05) is 10.9 Å². The Labute approximate surface area is 143 Å². The van der Waals surface area contributed by atoms with Crippen LogP contribution in [-0.4, -0.2) is 34.1 Å². The highest BCUT2D eigenvalue weighted by atomic mass is 16.5. The van der Waals surface area contributed by atoms with Crippen LogP contribution in [0.2, 0.25) is 0 Å². The van der Waals surface area contributed by atoms with Crippen molar-refractivity contribution in [1.82, 2.24) is 14.9 Å². The van der Waals surface area contributed by atoms with Gasteiger partial charge in [-0.25, -0.2) is 0 Å². The lowest BCUT2D eigenvalue weighted by molar-refractivity contribution is 0.101. The van der Waals surface area contributed by atoms with E-state index in [0.29, 0.717) is 23.1 Å². The molecule has 0 aliphatic carbocycles. The molecule has 1 amide bonds. The molecule has 2 atom stereocenters. The molecule has 1 fully saturated rings. The number of furan rings is 1. The summed E-state index contributed by atoms with van der Waals surface area (Å²) in [6.45, 7) is 3.65. The van der Waals surface area contributed by atoms with Crippen molar-refractivity contribution in [2.75, 3.05) is 18.5 Å². The Morgan fingerprint density at radius 3 is 3.12 bits per heavy atom. The third kappa shape index (κ3) is 3.20. The maximum Gasteiger partial charge on any atom is 0.277 e. The maximum absolute atomic E-state index is 12.3. The van der Waals surface area contributed by atoms with Crippen molar-refractivity contribution in [3.05, 3.63) is 42.5 Å². The molecule has 1 aliphatic rings. The molecule has 1 N–H and O–H groups in total. The molecule has 0 aromatic carbocycles. The van der Waals surface area contributed by atoms with E-state index >= 15 is 0 Å². The van der Waals surface area contributed by atoms with Crippen molar-refractivity contribution in [2.24, 2.45) is 5.92 Å². The van der Waals surface area contributed by atoms with Crippen molar-refractivity contribution in [3.8, 4) is 11.5 Å². The SMILES string of the molecule is CC(C1CCOC1)n1cc(NC(=O)c2cc(-c3ccco3)on2)cn1. The van der Waals surface area contributed by atoms with Crippen molar-refractivity contribution < 1.29 is 18.5 Å². The Morgan fingerprint density at radius 2 is 2.36 bits per heavy atom. The summed E-state index contributed by atoms with van der Waals surface area (Å²) in [4.78, 5) is 12.3. The maximum atomic E-state index is 12.3. The third-order valence-corrected chi connectivity index (χ3v) is 4.43. The van der Waals surface area contributed by atoms with Gasteiger partial charge >= 0.3 is 0 Å². The monoisotopic (exact) mass is 342 g/mol. The average molecular weight is 342 g/mol. The zero-order valence-electron chi connectivity index (χ0n) is 13.7. The summed E-state index contributed by atoms with van der Waals surface area (Å²) in [5, 5.41) is 10.9. The number of ether oxygens (including phenoxy) is 1. The van der Waals surface area contributed by atoms with Gasteiger partial charge in [-0.1, -0.05) is 5.16 Å². The highest BCUT2D eigenvalue weighted by Gasteiger charge is 2.24. The number of carbonyl (C=O) groups is 1. The average Bonchev–Trinajstić information content (AvgIpc) is 3.42. The molecule has 0 bridgehead atoms. The van der Waals surface area contributed by atoms with Gasteiger partial charge in [0, 0.05) is 24.8 Å². The van der Waals surface area contributed by atoms with Crippen molar-refractivity contribution >= 4 is 11.6 Å². The van der Waals surface area contributed by atoms with Crippen LogP contribution in [0, 0.1) is 5.92 Å². The molecule has 4 rings (SSSR count). The molecule has 130 valence electrons. The third-order valence-electron chi connectivity index (χ3n) is 4.43. The summed E-state index contributed by atoms with van der Waals surface area (Å²) >= 11 is 0. The summed E-state index contributed by atoms with van der Waals surface area (Å²) in [5.41, 5.74) is 0.787. The second-order valence-electron chi connectivity index (χ2n) is 6.08. The number of nitrogens with zero attached hydrogens (tertiary/aromatic N) is 3. The van der Waals surface area contributed by atoms with Gasteiger partial charge in [-0.2, -0.15) is 5.10 Å². The molecule has 2 unspecified atom stereocenters. The Bertz CT molecular complexity index is 846. The van der Waals surface area contributed by atoms with Crippen molar-refractivity contribution in [3.63, 3.8) is 0 Å². The minimum atomic E-state index is -0.363. The second kappa shape index (κ2) is 6.56. The number of hydrogen-bond donors (Lipinski definition) is 1. The van der Waals surface area contributed by atoms with Crippen LogP contribution in [0.1, 0.15) is 29.9 Å². The van der Waals surface area contributed by atoms with Crippen LogP contribution in [0.3, 0.4) is 0 Å². The lowest BCUT2D eigenvalue weighted by Crippen LogP contribution is -2.17. The first-order valence-electron chi connectivity index (χ1n) is 8.14. The summed E-state index contributed by atoms with van der Waals surface area (Å²) < 4.78 is 17.6. The summed E-state index contributed by atoms with van der Waals surface area (Å²) in [6.07, 6.45) is 5.99. The summed E-state index contributed by atoms with van der Waals surface area (Å²) in [7, 11) is 0. The number of anilines is 1. The van der Waals surface area contributed by atoms with Crippen LogP contribution in [0.15, 0.2) is 45.8 Å². The van der Waals surface area contributed by atoms with E-state index in [1.54, 1.807) is 18.3 Å². The van der Waals surface area contributed by atoms with Crippen LogP contribution in [-0.2, 0) is 4.74 Å². The highest BCUT2D eigenvalue weighted by molar-refractivity contribution is 6.03. The predicted molar refractivity (Wildman–Crippen MR) is 88.0 cm³/mol. The van der Waals surface area contributed by atoms with Gasteiger partial charge in [0.1, 0.15) is 0 Å². The molecule has 8 heteroatoms. The number of aromatic nitrogens is 3. The molecule has 1 saturated heterocycles. The molecule has 1 aliphatic heterocycles. The highest BCUT2D eigenvalue weighted by Crippen LogP contribution is 2.26. The topological polar surface area (TPSA) is 95.3 Å². The van der Waals surface area contributed by atoms with E-state index in [0.717, 1.165) is 19.6 Å². The quantitative estimate of drug-likeness (QED) is 0.766. The fourth-order valence-electron chi connectivity index (χ4n) is 2.89. The van der Waals surface area contributed by atoms with Crippen LogP contribution in [0.4, 0.5) is 5.69 Å². The lowest BCUT2D eigenvalue weighted by Gasteiger charge is -2.17. The van der Waals surface area contributed by atoms with E-state index in [9.17, 15) is 4.79 Å². The minimum absolute atomic E-state index is 0.177. The van der Waals surface area contributed by atoms with E-state index < -0.39 is 0 Å². The zero-order chi connectivity index (χ0) is 17.2. The molecule has 8 nitrogen and oxygen atoms in total. The Morgan fingerprint density at radius 1 is 1.44 bits per heavy atom. The number of amides is 1. The van der Waals surface area contributed by atoms with Crippen LogP contribution < -0.4 is 5.32 Å². The van der Waals surface area contributed by atoms with Gasteiger partial charge in [-0.3, -0.25) is 9.48 Å². The second-order valence-corrected chi connectivity index (χ2v) is 6.08. The van der Waals surface area contributed by atoms with E-state index in [-0.39, 0.29) is 17.6 Å². The summed E-state index contributed by atoms with van der Waals surface area (Å²) in [6, 6.07) is 5.23. The normalized spacial score (nSPS) is 18.4. The number of hydrogen-bond acceptors (Lipinski definition) is 6. The van der Waals surface area contributed by atoms with Gasteiger partial charge < -0.3 is 19.0 Å². The molecule has 4 heterocycles. The van der Waals surface area contributed by atoms with Crippen LogP contribution >= 0.6 is 0 Å². The first-order chi connectivity index (χ1) is 12.2. The molecule has 3 aromatic heterocycles. The fraction of sp³-hybridized carbons (Fsp3) is 0.353. The Kier molecular flexibility index (Phi) is 4.10. The molecule has 3 aromatic rings. The van der Waals surface area contributed by atoms with E-state index in [1.165, 1.54) is 12.3 Å². The van der Waals surface area contributed by atoms with Gasteiger partial charge in [0.05, 0.1) is 30.8 Å². The van der Waals surface area contributed by atoms with Crippen molar-refractivity contribution in [2.45, 2.75) is 19.4 Å². The van der Waals surface area contributed by atoms with Gasteiger partial charge in [-0.15, -0.1) is 0 Å². The molecule has 0 saturated carbocycles. The van der Waals surface area contributed by atoms with Crippen LogP contribution in [0.5, 0.6) is 0 Å². The largest absolute Gasteiger partial charge is 0.461 e. The standard InChI is InChI=1S/C17H18N4O4/c1-11(12-4-6-23-10-12)21-9-13(8-18-21)19-17(22)14-7-16(25-20-14)15-3-2-5-24-15/h2-3,5,7-9,11-12H,4,6,10H2,1H3,(H,19,22). The molecule has 25 heavy (non-hydrogen) atoms. The first kappa shape index (κ1) is 15.6. The number of rotatable bonds is 5. The smallest absolute Gasteiger partial charge is 0.277 e. The Hall–Kier alpha value is -2.87. The number of carbonyl (C=O) groups excluding carboxylic acids is 1. The predicted octanol–water partition coefficient (Wildman–Crippen LogP) is 2.98. The lowest BCUT2D eigenvalue weighted by atomic mass is 10.0. The van der Waals surface area contributed by atoms with Gasteiger partial charge in [0.2, 0.25) is 5.76 Å².